The number of ether oxygens (including phenoxy) is 2. The monoisotopic (exact) mass is 467 g/mol. The highest BCUT2D eigenvalue weighted by atomic mass is 16.5. The van der Waals surface area contributed by atoms with Gasteiger partial charge in [0.15, 0.2) is 0 Å². The lowest BCUT2D eigenvalue weighted by molar-refractivity contribution is -0.149. The first kappa shape index (κ1) is 31.6. The van der Waals surface area contributed by atoms with Gasteiger partial charge < -0.3 is 14.8 Å². The molecule has 0 fully saturated rings. The number of hydrogen-bond donors (Lipinski definition) is 1. The van der Waals surface area contributed by atoms with Crippen molar-refractivity contribution in [1.29, 1.82) is 0 Å². The number of rotatable bonds is 24. The van der Waals surface area contributed by atoms with Crippen LogP contribution in [0.4, 0.5) is 0 Å². The van der Waals surface area contributed by atoms with Crippen molar-refractivity contribution in [2.45, 2.75) is 124 Å². The molecule has 0 aromatic carbocycles. The maximum Gasteiger partial charge on any atom is 0.308 e. The first-order valence-electron chi connectivity index (χ1n) is 13.8. The summed E-state index contributed by atoms with van der Waals surface area (Å²) in [7, 11) is 0. The molecule has 0 bridgehead atoms. The van der Waals surface area contributed by atoms with E-state index in [4.69, 9.17) is 9.47 Å². The topological polar surface area (TPSA) is 64.6 Å². The molecule has 0 aliphatic heterocycles. The molecule has 0 spiro atoms. The van der Waals surface area contributed by atoms with Crippen LogP contribution in [0.15, 0.2) is 12.2 Å². The van der Waals surface area contributed by atoms with Gasteiger partial charge in [-0.1, -0.05) is 90.7 Å². The molecule has 194 valence electrons. The molecular weight excluding hydrogens is 414 g/mol. The van der Waals surface area contributed by atoms with Crippen LogP contribution in [0.3, 0.4) is 0 Å². The van der Waals surface area contributed by atoms with Crippen molar-refractivity contribution in [2.24, 2.45) is 5.92 Å². The van der Waals surface area contributed by atoms with Crippen molar-refractivity contribution in [1.82, 2.24) is 5.32 Å². The molecule has 0 saturated heterocycles. The molecule has 0 aromatic rings. The summed E-state index contributed by atoms with van der Waals surface area (Å²) in [6.07, 6.45) is 21.6. The van der Waals surface area contributed by atoms with Crippen LogP contribution in [0.2, 0.25) is 0 Å². The molecule has 5 nitrogen and oxygen atoms in total. The molecular formula is C28H53NO4. The number of esters is 2. The molecule has 0 aromatic heterocycles. The van der Waals surface area contributed by atoms with Gasteiger partial charge in [-0.3, -0.25) is 9.59 Å². The van der Waals surface area contributed by atoms with Gasteiger partial charge in [-0.25, -0.2) is 0 Å². The molecule has 33 heavy (non-hydrogen) atoms. The second-order valence-electron chi connectivity index (χ2n) is 9.01. The third kappa shape index (κ3) is 22.2. The van der Waals surface area contributed by atoms with Crippen molar-refractivity contribution >= 4 is 11.9 Å². The number of carbonyl (C=O) groups is 2. The van der Waals surface area contributed by atoms with Gasteiger partial charge >= 0.3 is 11.9 Å². The minimum atomic E-state index is -0.132. The van der Waals surface area contributed by atoms with Gasteiger partial charge in [-0.05, 0) is 38.5 Å². The van der Waals surface area contributed by atoms with Crippen LogP contribution in [0.1, 0.15) is 124 Å². The molecule has 0 heterocycles. The van der Waals surface area contributed by atoms with Crippen molar-refractivity contribution in [3.8, 4) is 0 Å². The second kappa shape index (κ2) is 25.3. The van der Waals surface area contributed by atoms with E-state index in [0.29, 0.717) is 32.7 Å². The lowest BCUT2D eigenvalue weighted by atomic mass is 9.94. The third-order valence-corrected chi connectivity index (χ3v) is 5.86. The van der Waals surface area contributed by atoms with Gasteiger partial charge in [0.25, 0.3) is 0 Å². The Morgan fingerprint density at radius 2 is 1.33 bits per heavy atom. The molecule has 0 aliphatic carbocycles. The van der Waals surface area contributed by atoms with E-state index in [0.717, 1.165) is 51.4 Å². The number of unbranched alkanes of at least 4 members (excludes halogenated alkanes) is 9. The van der Waals surface area contributed by atoms with E-state index in [1.54, 1.807) is 0 Å². The highest BCUT2D eigenvalue weighted by Crippen LogP contribution is 2.20. The first-order valence-corrected chi connectivity index (χ1v) is 13.8. The van der Waals surface area contributed by atoms with E-state index >= 15 is 0 Å². The quantitative estimate of drug-likeness (QED) is 0.0928. The van der Waals surface area contributed by atoms with Crippen LogP contribution in [-0.4, -0.2) is 38.2 Å². The largest absolute Gasteiger partial charge is 0.464 e. The van der Waals surface area contributed by atoms with Crippen molar-refractivity contribution in [2.75, 3.05) is 26.3 Å². The van der Waals surface area contributed by atoms with Gasteiger partial charge in [-0.2, -0.15) is 0 Å². The predicted octanol–water partition coefficient (Wildman–Crippen LogP) is 7.14. The third-order valence-electron chi connectivity index (χ3n) is 5.86. The van der Waals surface area contributed by atoms with E-state index in [-0.39, 0.29) is 17.9 Å². The summed E-state index contributed by atoms with van der Waals surface area (Å²) in [6, 6.07) is 0. The van der Waals surface area contributed by atoms with Crippen LogP contribution in [0, 0.1) is 5.92 Å². The molecule has 1 N–H and O–H groups in total. The van der Waals surface area contributed by atoms with Crippen LogP contribution in [0.5, 0.6) is 0 Å². The maximum absolute atomic E-state index is 12.6. The average Bonchev–Trinajstić information content (AvgIpc) is 2.81. The van der Waals surface area contributed by atoms with Gasteiger partial charge in [0.05, 0.1) is 5.92 Å². The van der Waals surface area contributed by atoms with E-state index < -0.39 is 0 Å². The summed E-state index contributed by atoms with van der Waals surface area (Å²) in [5, 5.41) is 3.19. The van der Waals surface area contributed by atoms with E-state index in [2.05, 4.69) is 38.2 Å². The fourth-order valence-corrected chi connectivity index (χ4v) is 3.78. The Balaban J connectivity index is 3.86. The van der Waals surface area contributed by atoms with Crippen molar-refractivity contribution in [3.05, 3.63) is 12.2 Å². The fraction of sp³-hybridized carbons (Fsp3) is 0.857. The van der Waals surface area contributed by atoms with Gasteiger partial charge in [-0.15, -0.1) is 0 Å². The Hall–Kier alpha value is -1.36. The molecule has 5 heteroatoms. The average molecular weight is 468 g/mol. The van der Waals surface area contributed by atoms with E-state index in [9.17, 15) is 9.59 Å². The summed E-state index contributed by atoms with van der Waals surface area (Å²) in [4.78, 5) is 24.3. The molecule has 1 unspecified atom stereocenters. The molecule has 0 radical (unpaired) electrons. The van der Waals surface area contributed by atoms with Crippen LogP contribution < -0.4 is 5.32 Å². The molecule has 0 rings (SSSR count). The Bertz CT molecular complexity index is 479. The standard InChI is InChI=1S/C28H53NO4/c1-4-7-10-13-15-18-21-27(30)32-24-22-29-23-25-33-28(31)26(19-16-12-9-6-3)20-17-14-11-8-5-2/h7,10,26,29H,4-6,8-9,11-25H2,1-3H3/b10-7-. The zero-order chi connectivity index (χ0) is 24.4. The normalized spacial score (nSPS) is 12.2. The van der Waals surface area contributed by atoms with Crippen LogP contribution in [-0.2, 0) is 19.1 Å². The number of allylic oxidation sites excluding steroid dienone is 2. The summed E-state index contributed by atoms with van der Waals surface area (Å²) < 4.78 is 10.8. The summed E-state index contributed by atoms with van der Waals surface area (Å²) in [6.45, 7) is 8.46. The smallest absolute Gasteiger partial charge is 0.308 e. The zero-order valence-electron chi connectivity index (χ0n) is 22.0. The Labute approximate surface area is 204 Å². The lowest BCUT2D eigenvalue weighted by Crippen LogP contribution is -2.27. The highest BCUT2D eigenvalue weighted by Gasteiger charge is 2.19. The number of nitrogens with one attached hydrogen (secondary N) is 1. The first-order chi connectivity index (χ1) is 16.2. The molecule has 0 aliphatic rings. The molecule has 1 atom stereocenters. The van der Waals surface area contributed by atoms with Crippen LogP contribution >= 0.6 is 0 Å². The minimum absolute atomic E-state index is 0.0380. The summed E-state index contributed by atoms with van der Waals surface area (Å²) in [5.41, 5.74) is 0. The molecule has 0 amide bonds. The van der Waals surface area contributed by atoms with E-state index in [1.807, 2.05) is 0 Å². The lowest BCUT2D eigenvalue weighted by Gasteiger charge is -2.16. The maximum atomic E-state index is 12.6. The number of hydrogen-bond acceptors (Lipinski definition) is 5. The fourth-order valence-electron chi connectivity index (χ4n) is 3.78. The SMILES string of the molecule is CC/C=C\CCCCC(=O)OCCNCCOC(=O)C(CCCCCC)CCCCCCC. The number of carbonyl (C=O) groups excluding carboxylic acids is 2. The van der Waals surface area contributed by atoms with Gasteiger partial charge in [0.1, 0.15) is 13.2 Å². The van der Waals surface area contributed by atoms with E-state index in [1.165, 1.54) is 44.9 Å². The predicted molar refractivity (Wildman–Crippen MR) is 138 cm³/mol. The summed E-state index contributed by atoms with van der Waals surface area (Å²) >= 11 is 0. The Kier molecular flexibility index (Phi) is 24.2. The van der Waals surface area contributed by atoms with Crippen LogP contribution in [0.25, 0.3) is 0 Å². The minimum Gasteiger partial charge on any atom is -0.464 e. The van der Waals surface area contributed by atoms with Crippen molar-refractivity contribution < 1.29 is 19.1 Å². The Morgan fingerprint density at radius 3 is 1.97 bits per heavy atom. The molecule has 0 saturated carbocycles. The van der Waals surface area contributed by atoms with Gasteiger partial charge in [0, 0.05) is 19.5 Å². The van der Waals surface area contributed by atoms with Crippen molar-refractivity contribution in [3.63, 3.8) is 0 Å². The second-order valence-corrected chi connectivity index (χ2v) is 9.01. The summed E-state index contributed by atoms with van der Waals surface area (Å²) in [5.74, 6) is -0.126. The highest BCUT2D eigenvalue weighted by molar-refractivity contribution is 5.72. The van der Waals surface area contributed by atoms with Gasteiger partial charge in [0.2, 0.25) is 0 Å². The Morgan fingerprint density at radius 1 is 0.727 bits per heavy atom. The zero-order valence-corrected chi connectivity index (χ0v) is 22.0.